The van der Waals surface area contributed by atoms with Crippen molar-refractivity contribution in [3.8, 4) is 0 Å². The first kappa shape index (κ1) is 44.1. The molecule has 51 heavy (non-hydrogen) atoms. The van der Waals surface area contributed by atoms with Crippen molar-refractivity contribution in [1.29, 1.82) is 0 Å². The number of cyclic esters (lactones) is 1. The first-order chi connectivity index (χ1) is 23.5. The lowest BCUT2D eigenvalue weighted by atomic mass is 9.94. The van der Waals surface area contributed by atoms with E-state index in [4.69, 9.17) is 13.6 Å². The number of hydrogen-bond acceptors (Lipinski definition) is 8. The van der Waals surface area contributed by atoms with Gasteiger partial charge in [-0.1, -0.05) is 117 Å². The van der Waals surface area contributed by atoms with Crippen LogP contribution in [0.4, 0.5) is 0 Å². The lowest BCUT2D eigenvalue weighted by Gasteiger charge is -2.38. The molecule has 2 heterocycles. The number of nitrogens with zero attached hydrogens (tertiary/aromatic N) is 1. The van der Waals surface area contributed by atoms with Gasteiger partial charge in [-0.05, 0) is 43.5 Å². The Kier molecular flexibility index (Phi) is 16.5. The summed E-state index contributed by atoms with van der Waals surface area (Å²) in [7, 11) is -4.52. The van der Waals surface area contributed by atoms with Crippen LogP contribution in [0.15, 0.2) is 40.4 Å². The van der Waals surface area contributed by atoms with Crippen molar-refractivity contribution in [2.24, 2.45) is 11.8 Å². The van der Waals surface area contributed by atoms with Gasteiger partial charge < -0.3 is 24.2 Å². The summed E-state index contributed by atoms with van der Waals surface area (Å²) in [6, 6.07) is -0.905. The summed E-state index contributed by atoms with van der Waals surface area (Å²) in [4.78, 5) is 58.5. The molecule has 2 rings (SSSR count). The lowest BCUT2D eigenvalue weighted by molar-refractivity contribution is -0.156. The SMILES string of the molecule is CCCCC[C@H]1NC(=O)c2nc(oc2[Si](C)(C)C)CC(=O)C[C@H](O[Si](C)(C)C(C)(C)C)/C=C(C)/C=C/CNC(=O)/C=C/[C@@H](C)[C@@H](C(C)C)OC1=O. The molecule has 1 aromatic heterocycles. The average Bonchev–Trinajstić information content (AvgIpc) is 3.43. The second-order valence-electron chi connectivity index (χ2n) is 16.8. The third-order valence-corrected chi connectivity index (χ3v) is 15.7. The second kappa shape index (κ2) is 19.1. The third-order valence-electron chi connectivity index (χ3n) is 9.49. The number of allylic oxidation sites excluding steroid dienone is 2. The van der Waals surface area contributed by atoms with Crippen molar-refractivity contribution in [1.82, 2.24) is 15.6 Å². The zero-order chi connectivity index (χ0) is 38.7. The number of unbranched alkanes of at least 4 members (excludes halogenated alkanes) is 2. The van der Waals surface area contributed by atoms with Gasteiger partial charge in [-0.2, -0.15) is 0 Å². The molecule has 2 N–H and O–H groups in total. The Morgan fingerprint density at radius 1 is 1.04 bits per heavy atom. The van der Waals surface area contributed by atoms with E-state index in [1.165, 1.54) is 6.08 Å². The molecule has 1 aliphatic heterocycles. The summed E-state index contributed by atoms with van der Waals surface area (Å²) in [5.41, 5.74) is 1.01. The van der Waals surface area contributed by atoms with Crippen LogP contribution >= 0.6 is 0 Å². The molecule has 0 saturated heterocycles. The number of carbonyl (C=O) groups excluding carboxylic acids is 4. The third kappa shape index (κ3) is 14.1. The van der Waals surface area contributed by atoms with Gasteiger partial charge in [0.15, 0.2) is 14.0 Å². The Morgan fingerprint density at radius 2 is 1.71 bits per heavy atom. The van der Waals surface area contributed by atoms with Gasteiger partial charge in [-0.25, -0.2) is 9.78 Å². The number of carbonyl (C=O) groups is 4. The van der Waals surface area contributed by atoms with Crippen LogP contribution in [0.25, 0.3) is 0 Å². The van der Waals surface area contributed by atoms with Gasteiger partial charge >= 0.3 is 5.97 Å². The molecule has 1 aliphatic rings. The Morgan fingerprint density at radius 3 is 2.29 bits per heavy atom. The predicted octanol–water partition coefficient (Wildman–Crippen LogP) is 7.18. The standard InChI is InChI=1S/C39H65N3O7Si2/c1-14-15-16-19-31-37(46)48-35(26(2)3)28(5)20-21-32(44)40-22-17-18-27(4)23-30(49-51(12,13)39(6,7)8)24-29(43)25-33-42-34(36(45)41-31)38(47-33)50(9,10)11/h17-18,20-21,23,26,28,30-31,35H,14-16,19,22,24-25H2,1-13H3,(H,40,44)(H,41,45)/b18-17+,21-20+,27-23+/t28-,30-,31-,35-/m1/s1. The quantitative estimate of drug-likeness (QED) is 0.162. The summed E-state index contributed by atoms with van der Waals surface area (Å²) in [6.07, 6.45) is 10.9. The van der Waals surface area contributed by atoms with Crippen LogP contribution in [0, 0.1) is 11.8 Å². The fraction of sp³-hybridized carbons (Fsp3) is 0.667. The van der Waals surface area contributed by atoms with E-state index >= 15 is 0 Å². The van der Waals surface area contributed by atoms with E-state index in [-0.39, 0.29) is 53.0 Å². The highest BCUT2D eigenvalue weighted by molar-refractivity contribution is 6.88. The van der Waals surface area contributed by atoms with Crippen LogP contribution in [0.5, 0.6) is 0 Å². The number of ether oxygens (including phenoxy) is 1. The first-order valence-electron chi connectivity index (χ1n) is 18.6. The maximum atomic E-state index is 13.9. The van der Waals surface area contributed by atoms with E-state index in [1.54, 1.807) is 6.08 Å². The van der Waals surface area contributed by atoms with Gasteiger partial charge in [0.25, 0.3) is 5.91 Å². The fourth-order valence-corrected chi connectivity index (χ4v) is 8.12. The number of oxazole rings is 1. The molecule has 0 saturated carbocycles. The van der Waals surface area contributed by atoms with E-state index < -0.39 is 46.5 Å². The molecule has 2 bridgehead atoms. The Hall–Kier alpha value is -3.10. The highest BCUT2D eigenvalue weighted by Gasteiger charge is 2.39. The summed E-state index contributed by atoms with van der Waals surface area (Å²) >= 11 is 0. The molecule has 0 radical (unpaired) electrons. The molecule has 286 valence electrons. The maximum Gasteiger partial charge on any atom is 0.328 e. The molecule has 0 spiro atoms. The van der Waals surface area contributed by atoms with Crippen LogP contribution in [0.3, 0.4) is 0 Å². The van der Waals surface area contributed by atoms with Gasteiger partial charge in [0.2, 0.25) is 11.8 Å². The largest absolute Gasteiger partial charge is 0.460 e. The maximum absolute atomic E-state index is 13.9. The number of rotatable bonds is 8. The van der Waals surface area contributed by atoms with Crippen LogP contribution in [-0.4, -0.2) is 69.7 Å². The zero-order valence-electron chi connectivity index (χ0n) is 33.5. The number of esters is 1. The Bertz CT molecular complexity index is 1450. The smallest absolute Gasteiger partial charge is 0.328 e. The molecule has 2 amide bonds. The van der Waals surface area contributed by atoms with Crippen molar-refractivity contribution in [2.75, 3.05) is 6.54 Å². The number of Topliss-reactive ketones (excluding diaryl/α,β-unsaturated/α-hetero) is 1. The summed E-state index contributed by atoms with van der Waals surface area (Å²) in [5.74, 6) is -1.59. The molecule has 0 aromatic carbocycles. The van der Waals surface area contributed by atoms with E-state index in [2.05, 4.69) is 56.4 Å². The Balaban J connectivity index is 2.62. The fourth-order valence-electron chi connectivity index (χ4n) is 5.56. The molecule has 10 nitrogen and oxygen atoms in total. The monoisotopic (exact) mass is 743 g/mol. The van der Waals surface area contributed by atoms with Crippen LogP contribution in [0.2, 0.25) is 37.8 Å². The van der Waals surface area contributed by atoms with Gasteiger partial charge in [0, 0.05) is 18.9 Å². The Labute approximate surface area is 308 Å². The lowest BCUT2D eigenvalue weighted by Crippen LogP contribution is -2.48. The minimum atomic E-state index is -2.26. The number of nitrogens with one attached hydrogen (secondary N) is 2. The van der Waals surface area contributed by atoms with Gasteiger partial charge in [-0.15, -0.1) is 0 Å². The average molecular weight is 744 g/mol. The minimum absolute atomic E-state index is 0.0468. The van der Waals surface area contributed by atoms with Gasteiger partial charge in [0.1, 0.15) is 31.4 Å². The number of amides is 2. The number of fused-ring (bicyclic) bond motifs is 2. The van der Waals surface area contributed by atoms with Crippen LogP contribution < -0.4 is 16.0 Å². The molecule has 4 atom stereocenters. The number of ketones is 1. The van der Waals surface area contributed by atoms with Crippen molar-refractivity contribution in [2.45, 2.75) is 150 Å². The predicted molar refractivity (Wildman–Crippen MR) is 209 cm³/mol. The van der Waals surface area contributed by atoms with Crippen molar-refractivity contribution < 1.29 is 32.8 Å². The van der Waals surface area contributed by atoms with E-state index in [1.807, 2.05) is 65.6 Å². The first-order valence-corrected chi connectivity index (χ1v) is 25.0. The normalized spacial score (nSPS) is 25.0. The van der Waals surface area contributed by atoms with E-state index in [0.29, 0.717) is 18.3 Å². The topological polar surface area (TPSA) is 137 Å². The van der Waals surface area contributed by atoms with Crippen LogP contribution in [-0.2, 0) is 30.0 Å². The zero-order valence-corrected chi connectivity index (χ0v) is 35.5. The highest BCUT2D eigenvalue weighted by Crippen LogP contribution is 2.38. The minimum Gasteiger partial charge on any atom is -0.460 e. The molecule has 12 heteroatoms. The number of aromatic nitrogens is 1. The van der Waals surface area contributed by atoms with Crippen molar-refractivity contribution >= 4 is 45.3 Å². The van der Waals surface area contributed by atoms with Crippen molar-refractivity contribution in [3.63, 3.8) is 0 Å². The molecular weight excluding hydrogens is 679 g/mol. The second-order valence-corrected chi connectivity index (χ2v) is 26.5. The molecular formula is C39H65N3O7Si2. The van der Waals surface area contributed by atoms with Gasteiger partial charge in [0.05, 0.1) is 12.5 Å². The molecule has 0 aliphatic carbocycles. The van der Waals surface area contributed by atoms with Crippen LogP contribution in [0.1, 0.15) is 104 Å². The summed E-state index contributed by atoms with van der Waals surface area (Å²) < 4.78 is 19.0. The number of hydrogen-bond donors (Lipinski definition) is 2. The summed E-state index contributed by atoms with van der Waals surface area (Å²) in [5, 5.41) is 6.18. The molecule has 1 aromatic rings. The molecule has 0 unspecified atom stereocenters. The van der Waals surface area contributed by atoms with Crippen molar-refractivity contribution in [3.05, 3.63) is 47.5 Å². The molecule has 0 fully saturated rings. The van der Waals surface area contributed by atoms with Gasteiger partial charge in [-0.3, -0.25) is 14.4 Å². The summed E-state index contributed by atoms with van der Waals surface area (Å²) in [6.45, 7) is 27.0. The van der Waals surface area contributed by atoms with E-state index in [9.17, 15) is 19.2 Å². The van der Waals surface area contributed by atoms with E-state index in [0.717, 1.165) is 24.8 Å². The highest BCUT2D eigenvalue weighted by atomic mass is 28.4.